The average Bonchev–Trinajstić information content (AvgIpc) is 2.43. The van der Waals surface area contributed by atoms with Crippen molar-refractivity contribution in [3.8, 4) is 6.07 Å². The van der Waals surface area contributed by atoms with Crippen LogP contribution in [-0.2, 0) is 0 Å². The van der Waals surface area contributed by atoms with Crippen molar-refractivity contribution >= 4 is 0 Å². The maximum absolute atomic E-state index is 13.8. The van der Waals surface area contributed by atoms with E-state index >= 15 is 0 Å². The van der Waals surface area contributed by atoms with E-state index in [1.54, 1.807) is 0 Å². The molecule has 0 amide bonds. The van der Waals surface area contributed by atoms with Crippen molar-refractivity contribution in [1.82, 2.24) is 0 Å². The third kappa shape index (κ3) is 4.60. The predicted molar refractivity (Wildman–Crippen MR) is 69.8 cm³/mol. The van der Waals surface area contributed by atoms with Crippen LogP contribution in [0, 0.1) is 11.3 Å². The number of unbranched alkanes of at least 4 members (excludes halogenated alkanes) is 3. The van der Waals surface area contributed by atoms with Crippen LogP contribution in [0.5, 0.6) is 0 Å². The molecule has 0 fully saturated rings. The molecule has 19 heavy (non-hydrogen) atoms. The molecule has 0 saturated heterocycles. The van der Waals surface area contributed by atoms with E-state index in [1.807, 2.05) is 13.0 Å². The third-order valence-electron chi connectivity index (χ3n) is 3.12. The Hall–Kier alpha value is -1.47. The van der Waals surface area contributed by atoms with Crippen LogP contribution in [0.4, 0.5) is 8.78 Å². The van der Waals surface area contributed by atoms with Crippen molar-refractivity contribution in [3.05, 3.63) is 35.4 Å². The molecule has 4 heteroatoms. The van der Waals surface area contributed by atoms with E-state index in [1.165, 1.54) is 24.3 Å². The van der Waals surface area contributed by atoms with Gasteiger partial charge in [0, 0.05) is 6.42 Å². The molecule has 1 aromatic carbocycles. The third-order valence-corrected chi connectivity index (χ3v) is 3.12. The second-order valence-electron chi connectivity index (χ2n) is 4.71. The van der Waals surface area contributed by atoms with E-state index in [2.05, 4.69) is 0 Å². The Morgan fingerprint density at radius 2 is 1.84 bits per heavy atom. The van der Waals surface area contributed by atoms with Crippen LogP contribution >= 0.6 is 0 Å². The summed E-state index contributed by atoms with van der Waals surface area (Å²) in [7, 11) is 0. The molecule has 0 aromatic heterocycles. The smallest absolute Gasteiger partial charge is 0.277 e. The van der Waals surface area contributed by atoms with Crippen molar-refractivity contribution in [1.29, 1.82) is 5.26 Å². The quantitative estimate of drug-likeness (QED) is 0.752. The Balaban J connectivity index is 2.63. The summed E-state index contributed by atoms with van der Waals surface area (Å²) in [6, 6.07) is 7.54. The normalized spacial score (nSPS) is 13.0. The standard InChI is InChI=1S/C15H19F2NO/c1-2-3-4-5-10-15(16,17)14(19)13-8-6-12(11-18)7-9-13/h6-9,14,19H,2-5,10H2,1H3. The largest absolute Gasteiger partial charge is 0.382 e. The lowest BCUT2D eigenvalue weighted by Crippen LogP contribution is -2.26. The highest BCUT2D eigenvalue weighted by Crippen LogP contribution is 2.35. The fraction of sp³-hybridized carbons (Fsp3) is 0.533. The molecule has 0 aliphatic heterocycles. The number of hydrogen-bond acceptors (Lipinski definition) is 2. The first-order valence-electron chi connectivity index (χ1n) is 6.57. The lowest BCUT2D eigenvalue weighted by Gasteiger charge is -2.23. The molecule has 104 valence electrons. The van der Waals surface area contributed by atoms with Crippen molar-refractivity contribution in [2.45, 2.75) is 51.1 Å². The van der Waals surface area contributed by atoms with Gasteiger partial charge in [-0.15, -0.1) is 0 Å². The number of nitriles is 1. The summed E-state index contributed by atoms with van der Waals surface area (Å²) in [5, 5.41) is 18.4. The molecule has 0 aliphatic carbocycles. The molecule has 2 nitrogen and oxygen atoms in total. The number of aliphatic hydroxyl groups excluding tert-OH is 1. The zero-order valence-corrected chi connectivity index (χ0v) is 11.1. The molecule has 0 saturated carbocycles. The summed E-state index contributed by atoms with van der Waals surface area (Å²) >= 11 is 0. The molecule has 0 bridgehead atoms. The van der Waals surface area contributed by atoms with Crippen molar-refractivity contribution in [3.63, 3.8) is 0 Å². The maximum Gasteiger partial charge on any atom is 0.277 e. The lowest BCUT2D eigenvalue weighted by atomic mass is 9.98. The molecule has 1 aromatic rings. The zero-order chi connectivity index (χ0) is 14.3. The van der Waals surface area contributed by atoms with Gasteiger partial charge in [-0.1, -0.05) is 38.3 Å². The van der Waals surface area contributed by atoms with Crippen LogP contribution in [0.15, 0.2) is 24.3 Å². The zero-order valence-electron chi connectivity index (χ0n) is 11.1. The fourth-order valence-electron chi connectivity index (χ4n) is 1.91. The Morgan fingerprint density at radius 3 is 2.37 bits per heavy atom. The number of halogens is 2. The molecule has 1 N–H and O–H groups in total. The van der Waals surface area contributed by atoms with Crippen LogP contribution in [0.3, 0.4) is 0 Å². The SMILES string of the molecule is CCCCCCC(F)(F)C(O)c1ccc(C#N)cc1. The molecular formula is C15H19F2NO. The van der Waals surface area contributed by atoms with Gasteiger partial charge in [0.1, 0.15) is 6.10 Å². The lowest BCUT2D eigenvalue weighted by molar-refractivity contribution is -0.117. The topological polar surface area (TPSA) is 44.0 Å². The highest BCUT2D eigenvalue weighted by atomic mass is 19.3. The maximum atomic E-state index is 13.8. The first-order chi connectivity index (χ1) is 9.01. The van der Waals surface area contributed by atoms with E-state index in [0.717, 1.165) is 19.3 Å². The summed E-state index contributed by atoms with van der Waals surface area (Å²) in [5.41, 5.74) is 0.543. The number of rotatable bonds is 7. The minimum atomic E-state index is -3.12. The first-order valence-corrected chi connectivity index (χ1v) is 6.57. The van der Waals surface area contributed by atoms with E-state index in [-0.39, 0.29) is 12.0 Å². The van der Waals surface area contributed by atoms with Gasteiger partial charge >= 0.3 is 0 Å². The van der Waals surface area contributed by atoms with Crippen molar-refractivity contribution < 1.29 is 13.9 Å². The fourth-order valence-corrected chi connectivity index (χ4v) is 1.91. The Labute approximate surface area is 112 Å². The first kappa shape index (κ1) is 15.6. The van der Waals surface area contributed by atoms with Gasteiger partial charge < -0.3 is 5.11 Å². The van der Waals surface area contributed by atoms with Gasteiger partial charge in [0.15, 0.2) is 0 Å². The van der Waals surface area contributed by atoms with Crippen molar-refractivity contribution in [2.24, 2.45) is 0 Å². The molecule has 0 radical (unpaired) electrons. The second-order valence-corrected chi connectivity index (χ2v) is 4.71. The van der Waals surface area contributed by atoms with Gasteiger partial charge in [0.2, 0.25) is 0 Å². The number of nitrogens with zero attached hydrogens (tertiary/aromatic N) is 1. The number of hydrogen-bond donors (Lipinski definition) is 1. The van der Waals surface area contributed by atoms with Crippen LogP contribution in [-0.4, -0.2) is 11.0 Å². The molecule has 1 rings (SSSR count). The van der Waals surface area contributed by atoms with Gasteiger partial charge in [-0.3, -0.25) is 0 Å². The summed E-state index contributed by atoms with van der Waals surface area (Å²) < 4.78 is 27.6. The van der Waals surface area contributed by atoms with Gasteiger partial charge in [-0.05, 0) is 24.1 Å². The molecule has 1 unspecified atom stereocenters. The van der Waals surface area contributed by atoms with E-state index in [4.69, 9.17) is 5.26 Å². The Kier molecular flexibility index (Phi) is 5.91. The monoisotopic (exact) mass is 267 g/mol. The molecule has 1 atom stereocenters. The van der Waals surface area contributed by atoms with E-state index in [9.17, 15) is 13.9 Å². The van der Waals surface area contributed by atoms with Gasteiger partial charge in [0.25, 0.3) is 5.92 Å². The molecule has 0 spiro atoms. The summed E-state index contributed by atoms with van der Waals surface area (Å²) in [6.45, 7) is 2.02. The number of alkyl halides is 2. The second kappa shape index (κ2) is 7.20. The summed E-state index contributed by atoms with van der Waals surface area (Å²) in [4.78, 5) is 0. The minimum Gasteiger partial charge on any atom is -0.382 e. The number of aliphatic hydroxyl groups is 1. The molecular weight excluding hydrogens is 248 g/mol. The highest BCUT2D eigenvalue weighted by Gasteiger charge is 2.38. The van der Waals surface area contributed by atoms with E-state index in [0.29, 0.717) is 12.0 Å². The number of benzene rings is 1. The Bertz CT molecular complexity index is 423. The van der Waals surface area contributed by atoms with Crippen molar-refractivity contribution in [2.75, 3.05) is 0 Å². The molecule has 0 aliphatic rings. The van der Waals surface area contributed by atoms with E-state index < -0.39 is 12.0 Å². The predicted octanol–water partition coefficient (Wildman–Crippen LogP) is 4.20. The van der Waals surface area contributed by atoms with Gasteiger partial charge in [0.05, 0.1) is 11.6 Å². The minimum absolute atomic E-state index is 0.152. The Morgan fingerprint density at radius 1 is 1.21 bits per heavy atom. The van der Waals surface area contributed by atoms with Crippen LogP contribution in [0.1, 0.15) is 56.3 Å². The summed E-state index contributed by atoms with van der Waals surface area (Å²) in [6.07, 6.45) is 0.975. The van der Waals surface area contributed by atoms with Gasteiger partial charge in [-0.2, -0.15) is 5.26 Å². The van der Waals surface area contributed by atoms with Crippen LogP contribution in [0.25, 0.3) is 0 Å². The molecule has 0 heterocycles. The average molecular weight is 267 g/mol. The van der Waals surface area contributed by atoms with Crippen LogP contribution in [0.2, 0.25) is 0 Å². The van der Waals surface area contributed by atoms with Gasteiger partial charge in [-0.25, -0.2) is 8.78 Å². The van der Waals surface area contributed by atoms with Crippen LogP contribution < -0.4 is 0 Å². The summed E-state index contributed by atoms with van der Waals surface area (Å²) in [5.74, 6) is -3.12. The highest BCUT2D eigenvalue weighted by molar-refractivity contribution is 5.32.